The third-order valence-corrected chi connectivity index (χ3v) is 4.60. The molecule has 0 bridgehead atoms. The van der Waals surface area contributed by atoms with E-state index in [0.717, 1.165) is 31.6 Å². The van der Waals surface area contributed by atoms with E-state index in [4.69, 9.17) is 0 Å². The quantitative estimate of drug-likeness (QED) is 0.472. The molecule has 0 spiro atoms. The van der Waals surface area contributed by atoms with Crippen molar-refractivity contribution in [2.24, 2.45) is 0 Å². The van der Waals surface area contributed by atoms with E-state index in [0.29, 0.717) is 10.3 Å². The molecule has 2 heterocycles. The molecule has 0 radical (unpaired) electrons. The van der Waals surface area contributed by atoms with Gasteiger partial charge in [-0.15, -0.1) is 0 Å². The zero-order chi connectivity index (χ0) is 17.8. The molecule has 1 amide bonds. The number of aromatic nitrogens is 1. The third kappa shape index (κ3) is 4.14. The van der Waals surface area contributed by atoms with Gasteiger partial charge >= 0.3 is 0 Å². The molecule has 1 fully saturated rings. The summed E-state index contributed by atoms with van der Waals surface area (Å²) in [6.07, 6.45) is 4.85. The van der Waals surface area contributed by atoms with Crippen LogP contribution in [-0.4, -0.2) is 28.9 Å². The highest BCUT2D eigenvalue weighted by Gasteiger charge is 2.23. The lowest BCUT2D eigenvalue weighted by Crippen LogP contribution is -2.29. The molecule has 1 saturated heterocycles. The second kappa shape index (κ2) is 7.60. The molecule has 1 N–H and O–H groups in total. The SMILES string of the molecule is O=C(Nc1ccc(Br)nc1)c1cc(N2CCCCC2)ccc1[N+](=O)[O-]. The molecule has 0 aliphatic carbocycles. The number of halogens is 1. The fourth-order valence-corrected chi connectivity index (χ4v) is 3.10. The van der Waals surface area contributed by atoms with Crippen molar-refractivity contribution in [3.05, 3.63) is 56.8 Å². The molecule has 1 aromatic carbocycles. The van der Waals surface area contributed by atoms with Crippen LogP contribution >= 0.6 is 15.9 Å². The number of benzene rings is 1. The fraction of sp³-hybridized carbons (Fsp3) is 0.294. The van der Waals surface area contributed by atoms with Crippen molar-refractivity contribution in [1.82, 2.24) is 4.98 Å². The number of carbonyl (C=O) groups is 1. The fourth-order valence-electron chi connectivity index (χ4n) is 2.86. The van der Waals surface area contributed by atoms with E-state index in [1.807, 2.05) is 0 Å². The van der Waals surface area contributed by atoms with Crippen molar-refractivity contribution >= 4 is 38.9 Å². The number of nitrogens with one attached hydrogen (secondary N) is 1. The number of anilines is 2. The minimum atomic E-state index is -0.533. The number of amides is 1. The number of pyridine rings is 1. The number of piperidine rings is 1. The van der Waals surface area contributed by atoms with Gasteiger partial charge in [0.1, 0.15) is 10.2 Å². The van der Waals surface area contributed by atoms with Gasteiger partial charge in [-0.25, -0.2) is 4.98 Å². The maximum Gasteiger partial charge on any atom is 0.282 e. The Morgan fingerprint density at radius 3 is 2.60 bits per heavy atom. The zero-order valence-corrected chi connectivity index (χ0v) is 15.0. The highest BCUT2D eigenvalue weighted by Crippen LogP contribution is 2.28. The number of nitrogens with zero attached hydrogens (tertiary/aromatic N) is 3. The summed E-state index contributed by atoms with van der Waals surface area (Å²) in [5, 5.41) is 14.0. The normalized spacial score (nSPS) is 14.2. The monoisotopic (exact) mass is 404 g/mol. The van der Waals surface area contributed by atoms with Gasteiger partial charge in [0, 0.05) is 24.8 Å². The Hall–Kier alpha value is -2.48. The minimum absolute atomic E-state index is 0.0518. The summed E-state index contributed by atoms with van der Waals surface area (Å²) in [5.74, 6) is -0.519. The number of carbonyl (C=O) groups excluding carboxylic acids is 1. The summed E-state index contributed by atoms with van der Waals surface area (Å²) >= 11 is 3.22. The van der Waals surface area contributed by atoms with E-state index in [9.17, 15) is 14.9 Å². The van der Waals surface area contributed by atoms with Gasteiger partial charge in [0.05, 0.1) is 16.8 Å². The highest BCUT2D eigenvalue weighted by molar-refractivity contribution is 9.10. The van der Waals surface area contributed by atoms with E-state index >= 15 is 0 Å². The van der Waals surface area contributed by atoms with Gasteiger partial charge < -0.3 is 10.2 Å². The van der Waals surface area contributed by atoms with Crippen molar-refractivity contribution in [3.8, 4) is 0 Å². The standard InChI is InChI=1S/C17H17BrN4O3/c18-16-7-4-12(11-19-16)20-17(23)14-10-13(5-6-15(14)22(24)25)21-8-2-1-3-9-21/h4-7,10-11H,1-3,8-9H2,(H,20,23). The molecule has 1 aliphatic heterocycles. The lowest BCUT2D eigenvalue weighted by molar-refractivity contribution is -0.385. The first kappa shape index (κ1) is 17.3. The van der Waals surface area contributed by atoms with E-state index in [1.165, 1.54) is 18.7 Å². The van der Waals surface area contributed by atoms with E-state index in [2.05, 4.69) is 31.1 Å². The van der Waals surface area contributed by atoms with Gasteiger partial charge in [0.25, 0.3) is 11.6 Å². The summed E-state index contributed by atoms with van der Waals surface area (Å²) in [6, 6.07) is 8.08. The maximum absolute atomic E-state index is 12.6. The molecule has 25 heavy (non-hydrogen) atoms. The molecule has 1 aliphatic rings. The minimum Gasteiger partial charge on any atom is -0.372 e. The summed E-state index contributed by atoms with van der Waals surface area (Å²) in [5.41, 5.74) is 1.16. The molecule has 3 rings (SSSR count). The molecule has 7 nitrogen and oxygen atoms in total. The summed E-state index contributed by atoms with van der Waals surface area (Å²) in [4.78, 5) is 29.5. The van der Waals surface area contributed by atoms with Gasteiger partial charge in [-0.05, 0) is 59.5 Å². The first-order chi connectivity index (χ1) is 12.0. The van der Waals surface area contributed by atoms with Crippen LogP contribution in [0.2, 0.25) is 0 Å². The molecular formula is C17H17BrN4O3. The van der Waals surface area contributed by atoms with Crippen LogP contribution in [0.5, 0.6) is 0 Å². The lowest BCUT2D eigenvalue weighted by atomic mass is 10.1. The number of nitro groups is 1. The van der Waals surface area contributed by atoms with Gasteiger partial charge in [-0.3, -0.25) is 14.9 Å². The van der Waals surface area contributed by atoms with Crippen molar-refractivity contribution in [2.45, 2.75) is 19.3 Å². The molecule has 130 valence electrons. The Kier molecular flexibility index (Phi) is 5.28. The predicted octanol–water partition coefficient (Wildman–Crippen LogP) is 3.99. The van der Waals surface area contributed by atoms with Crippen LogP contribution in [0.15, 0.2) is 41.1 Å². The smallest absolute Gasteiger partial charge is 0.282 e. The van der Waals surface area contributed by atoms with Crippen molar-refractivity contribution in [2.75, 3.05) is 23.3 Å². The summed E-state index contributed by atoms with van der Waals surface area (Å²) in [7, 11) is 0. The topological polar surface area (TPSA) is 88.4 Å². The van der Waals surface area contributed by atoms with E-state index in [1.54, 1.807) is 24.3 Å². The Morgan fingerprint density at radius 2 is 1.96 bits per heavy atom. The Labute approximate surface area is 153 Å². The second-order valence-electron chi connectivity index (χ2n) is 5.83. The average molecular weight is 405 g/mol. The molecule has 2 aromatic rings. The van der Waals surface area contributed by atoms with Crippen LogP contribution in [0.25, 0.3) is 0 Å². The highest BCUT2D eigenvalue weighted by atomic mass is 79.9. The Morgan fingerprint density at radius 1 is 1.20 bits per heavy atom. The van der Waals surface area contributed by atoms with E-state index < -0.39 is 10.8 Å². The van der Waals surface area contributed by atoms with Gasteiger partial charge in [-0.1, -0.05) is 0 Å². The number of hydrogen-bond donors (Lipinski definition) is 1. The van der Waals surface area contributed by atoms with Crippen LogP contribution in [0.3, 0.4) is 0 Å². The van der Waals surface area contributed by atoms with Crippen LogP contribution < -0.4 is 10.2 Å². The van der Waals surface area contributed by atoms with Crippen molar-refractivity contribution < 1.29 is 9.72 Å². The Balaban J connectivity index is 1.89. The maximum atomic E-state index is 12.6. The lowest BCUT2D eigenvalue weighted by Gasteiger charge is -2.29. The molecule has 8 heteroatoms. The number of hydrogen-bond acceptors (Lipinski definition) is 5. The largest absolute Gasteiger partial charge is 0.372 e. The zero-order valence-electron chi connectivity index (χ0n) is 13.4. The third-order valence-electron chi connectivity index (χ3n) is 4.13. The van der Waals surface area contributed by atoms with Crippen LogP contribution in [0.1, 0.15) is 29.6 Å². The average Bonchev–Trinajstić information content (AvgIpc) is 2.63. The van der Waals surface area contributed by atoms with Crippen LogP contribution in [-0.2, 0) is 0 Å². The first-order valence-electron chi connectivity index (χ1n) is 8.01. The predicted molar refractivity (Wildman–Crippen MR) is 99.1 cm³/mol. The van der Waals surface area contributed by atoms with Crippen LogP contribution in [0, 0.1) is 10.1 Å². The Bertz CT molecular complexity index is 789. The summed E-state index contributed by atoms with van der Waals surface area (Å²) in [6.45, 7) is 1.80. The van der Waals surface area contributed by atoms with Crippen molar-refractivity contribution in [3.63, 3.8) is 0 Å². The second-order valence-corrected chi connectivity index (χ2v) is 6.64. The number of rotatable bonds is 4. The molecule has 0 saturated carbocycles. The van der Waals surface area contributed by atoms with Gasteiger partial charge in [-0.2, -0.15) is 0 Å². The molecule has 0 unspecified atom stereocenters. The van der Waals surface area contributed by atoms with Gasteiger partial charge in [0.15, 0.2) is 0 Å². The first-order valence-corrected chi connectivity index (χ1v) is 8.80. The van der Waals surface area contributed by atoms with Crippen LogP contribution in [0.4, 0.5) is 17.1 Å². The molecular weight excluding hydrogens is 388 g/mol. The van der Waals surface area contributed by atoms with Gasteiger partial charge in [0.2, 0.25) is 0 Å². The molecule has 0 atom stereocenters. The summed E-state index contributed by atoms with van der Waals surface area (Å²) < 4.78 is 0.642. The van der Waals surface area contributed by atoms with E-state index in [-0.39, 0.29) is 11.3 Å². The van der Waals surface area contributed by atoms with Crippen molar-refractivity contribution in [1.29, 1.82) is 0 Å². The molecule has 1 aromatic heterocycles. The number of nitro benzene ring substituents is 1.